The first-order valence-electron chi connectivity index (χ1n) is 15.1. The molecule has 224 valence electrons. The summed E-state index contributed by atoms with van der Waals surface area (Å²) in [5.74, 6) is 1.43. The molecule has 1 aromatic heterocycles. The molecule has 1 saturated carbocycles. The van der Waals surface area contributed by atoms with Crippen LogP contribution in [0, 0.1) is 13.8 Å². The SMILES string of the molecule is CCN(CC)CCN(C)C(=O)c1ccc(Nc2nccc(N(C(=O)Oc3c(C)cccc3C)C3CCCCC3)n2)cc1. The lowest BCUT2D eigenvalue weighted by atomic mass is 9.94. The fourth-order valence-corrected chi connectivity index (χ4v) is 5.39. The van der Waals surface area contributed by atoms with Crippen LogP contribution in [0.5, 0.6) is 5.75 Å². The Labute approximate surface area is 249 Å². The summed E-state index contributed by atoms with van der Waals surface area (Å²) in [6.45, 7) is 11.6. The first-order valence-corrected chi connectivity index (χ1v) is 15.1. The van der Waals surface area contributed by atoms with E-state index in [0.717, 1.165) is 68.6 Å². The van der Waals surface area contributed by atoms with E-state index in [4.69, 9.17) is 9.72 Å². The molecule has 3 aromatic rings. The molecule has 0 radical (unpaired) electrons. The minimum Gasteiger partial charge on any atom is -0.409 e. The molecule has 2 amide bonds. The van der Waals surface area contributed by atoms with Crippen molar-refractivity contribution in [3.63, 3.8) is 0 Å². The number of carbonyl (C=O) groups excluding carboxylic acids is 2. The van der Waals surface area contributed by atoms with E-state index in [1.54, 1.807) is 34.2 Å². The second kappa shape index (κ2) is 14.8. The summed E-state index contributed by atoms with van der Waals surface area (Å²) in [7, 11) is 1.83. The van der Waals surface area contributed by atoms with Crippen molar-refractivity contribution in [1.82, 2.24) is 19.8 Å². The number of nitrogens with one attached hydrogen (secondary N) is 1. The van der Waals surface area contributed by atoms with E-state index in [1.807, 2.05) is 51.2 Å². The molecule has 0 saturated heterocycles. The van der Waals surface area contributed by atoms with Gasteiger partial charge in [-0.1, -0.05) is 51.3 Å². The van der Waals surface area contributed by atoms with Crippen LogP contribution < -0.4 is 15.0 Å². The third kappa shape index (κ3) is 7.85. The molecule has 2 aromatic carbocycles. The van der Waals surface area contributed by atoms with Crippen LogP contribution in [-0.4, -0.2) is 71.0 Å². The van der Waals surface area contributed by atoms with Crippen molar-refractivity contribution in [2.75, 3.05) is 43.4 Å². The number of carbonyl (C=O) groups is 2. The van der Waals surface area contributed by atoms with E-state index in [9.17, 15) is 9.59 Å². The standard InChI is InChI=1S/C33H44N6O3/c1-6-38(7-2)23-22-37(5)31(40)26-16-18-27(19-17-26)35-32-34-21-20-29(36-32)39(28-14-9-8-10-15-28)33(41)42-30-24(3)12-11-13-25(30)4/h11-13,16-21,28H,6-10,14-15,22-23H2,1-5H3,(H,34,35,36). The summed E-state index contributed by atoms with van der Waals surface area (Å²) in [5.41, 5.74) is 3.19. The number of para-hydroxylation sites is 1. The molecular formula is C33H44N6O3. The summed E-state index contributed by atoms with van der Waals surface area (Å²) in [6.07, 6.45) is 6.29. The van der Waals surface area contributed by atoms with Gasteiger partial charge in [-0.3, -0.25) is 9.69 Å². The highest BCUT2D eigenvalue weighted by atomic mass is 16.6. The minimum atomic E-state index is -0.433. The first kappa shape index (κ1) is 31.0. The highest BCUT2D eigenvalue weighted by Gasteiger charge is 2.30. The van der Waals surface area contributed by atoms with Crippen LogP contribution in [0.25, 0.3) is 0 Å². The topological polar surface area (TPSA) is 90.9 Å². The zero-order valence-electron chi connectivity index (χ0n) is 25.6. The van der Waals surface area contributed by atoms with Crippen LogP contribution in [0.3, 0.4) is 0 Å². The third-order valence-corrected chi connectivity index (χ3v) is 8.00. The van der Waals surface area contributed by atoms with E-state index in [0.29, 0.717) is 29.6 Å². The molecule has 0 spiro atoms. The van der Waals surface area contributed by atoms with E-state index in [-0.39, 0.29) is 11.9 Å². The average Bonchev–Trinajstić information content (AvgIpc) is 3.00. The van der Waals surface area contributed by atoms with Gasteiger partial charge in [0.1, 0.15) is 11.6 Å². The van der Waals surface area contributed by atoms with Crippen LogP contribution in [0.1, 0.15) is 67.4 Å². The van der Waals surface area contributed by atoms with E-state index >= 15 is 0 Å². The molecule has 0 unspecified atom stereocenters. The lowest BCUT2D eigenvalue weighted by molar-refractivity contribution is 0.0779. The van der Waals surface area contributed by atoms with Crippen molar-refractivity contribution in [3.8, 4) is 5.75 Å². The lowest BCUT2D eigenvalue weighted by Gasteiger charge is -2.33. The number of ether oxygens (including phenoxy) is 1. The number of rotatable bonds is 11. The van der Waals surface area contributed by atoms with Gasteiger partial charge in [-0.05, 0) is 81.2 Å². The second-order valence-electron chi connectivity index (χ2n) is 10.9. The summed E-state index contributed by atoms with van der Waals surface area (Å²) < 4.78 is 5.97. The molecule has 0 bridgehead atoms. The molecule has 42 heavy (non-hydrogen) atoms. The molecule has 9 heteroatoms. The number of likely N-dealkylation sites (N-methyl/N-ethyl adjacent to an activating group) is 2. The quantitative estimate of drug-likeness (QED) is 0.277. The molecule has 1 aliphatic carbocycles. The van der Waals surface area contributed by atoms with Gasteiger partial charge < -0.3 is 19.9 Å². The monoisotopic (exact) mass is 572 g/mol. The number of nitrogens with zero attached hydrogens (tertiary/aromatic N) is 5. The van der Waals surface area contributed by atoms with Gasteiger partial charge in [-0.15, -0.1) is 0 Å². The summed E-state index contributed by atoms with van der Waals surface area (Å²) >= 11 is 0. The van der Waals surface area contributed by atoms with Crippen LogP contribution in [-0.2, 0) is 0 Å². The Bertz CT molecular complexity index is 1320. The number of benzene rings is 2. The summed E-state index contributed by atoms with van der Waals surface area (Å²) in [5, 5.41) is 3.23. The van der Waals surface area contributed by atoms with Gasteiger partial charge in [0.25, 0.3) is 5.91 Å². The Morgan fingerprint density at radius 3 is 2.24 bits per heavy atom. The van der Waals surface area contributed by atoms with Crippen LogP contribution in [0.2, 0.25) is 0 Å². The van der Waals surface area contributed by atoms with Crippen molar-refractivity contribution < 1.29 is 14.3 Å². The van der Waals surface area contributed by atoms with Crippen LogP contribution >= 0.6 is 0 Å². The van der Waals surface area contributed by atoms with Gasteiger partial charge in [0.05, 0.1) is 0 Å². The lowest BCUT2D eigenvalue weighted by Crippen LogP contribution is -2.44. The predicted octanol–water partition coefficient (Wildman–Crippen LogP) is 6.59. The second-order valence-corrected chi connectivity index (χ2v) is 10.9. The van der Waals surface area contributed by atoms with Gasteiger partial charge in [0.2, 0.25) is 5.95 Å². The van der Waals surface area contributed by atoms with Crippen molar-refractivity contribution in [2.45, 2.75) is 65.8 Å². The van der Waals surface area contributed by atoms with E-state index in [1.165, 1.54) is 0 Å². The summed E-state index contributed by atoms with van der Waals surface area (Å²) in [6, 6.07) is 14.9. The van der Waals surface area contributed by atoms with Gasteiger partial charge in [0.15, 0.2) is 0 Å². The Hall–Kier alpha value is -3.98. The smallest absolute Gasteiger partial charge is 0.409 e. The first-order chi connectivity index (χ1) is 20.3. The molecule has 9 nitrogen and oxygen atoms in total. The van der Waals surface area contributed by atoms with Crippen molar-refractivity contribution in [1.29, 1.82) is 0 Å². The molecule has 4 rings (SSSR count). The largest absolute Gasteiger partial charge is 0.421 e. The fraction of sp³-hybridized carbons (Fsp3) is 0.455. The van der Waals surface area contributed by atoms with Gasteiger partial charge in [-0.2, -0.15) is 4.98 Å². The number of aromatic nitrogens is 2. The zero-order chi connectivity index (χ0) is 30.1. The van der Waals surface area contributed by atoms with Gasteiger partial charge >= 0.3 is 6.09 Å². The van der Waals surface area contributed by atoms with Gasteiger partial charge in [0, 0.05) is 43.6 Å². The number of hydrogen-bond donors (Lipinski definition) is 1. The van der Waals surface area contributed by atoms with Gasteiger partial charge in [-0.25, -0.2) is 9.78 Å². The zero-order valence-corrected chi connectivity index (χ0v) is 25.6. The van der Waals surface area contributed by atoms with Crippen LogP contribution in [0.15, 0.2) is 54.7 Å². The average molecular weight is 573 g/mol. The van der Waals surface area contributed by atoms with Crippen molar-refractivity contribution in [3.05, 3.63) is 71.4 Å². The number of anilines is 3. The Morgan fingerprint density at radius 1 is 0.929 bits per heavy atom. The molecule has 0 aliphatic heterocycles. The summed E-state index contributed by atoms with van der Waals surface area (Å²) in [4.78, 5) is 41.4. The van der Waals surface area contributed by atoms with Crippen molar-refractivity contribution in [2.24, 2.45) is 0 Å². The number of amides is 2. The Kier molecular flexibility index (Phi) is 10.9. The van der Waals surface area contributed by atoms with E-state index < -0.39 is 6.09 Å². The Morgan fingerprint density at radius 2 is 1.60 bits per heavy atom. The molecule has 1 aliphatic rings. The molecule has 0 atom stereocenters. The van der Waals surface area contributed by atoms with Crippen molar-refractivity contribution >= 4 is 29.5 Å². The number of aryl methyl sites for hydroxylation is 2. The maximum absolute atomic E-state index is 13.6. The van der Waals surface area contributed by atoms with E-state index in [2.05, 4.69) is 29.0 Å². The molecule has 1 fully saturated rings. The normalized spacial score (nSPS) is 13.6. The maximum Gasteiger partial charge on any atom is 0.421 e. The number of hydrogen-bond acceptors (Lipinski definition) is 7. The highest BCUT2D eigenvalue weighted by molar-refractivity contribution is 5.94. The Balaban J connectivity index is 1.48. The minimum absolute atomic E-state index is 0.00217. The third-order valence-electron chi connectivity index (χ3n) is 8.00. The molecular weight excluding hydrogens is 528 g/mol. The molecule has 1 N–H and O–H groups in total. The highest BCUT2D eigenvalue weighted by Crippen LogP contribution is 2.30. The molecule has 1 heterocycles. The maximum atomic E-state index is 13.6. The fourth-order valence-electron chi connectivity index (χ4n) is 5.39. The predicted molar refractivity (Wildman–Crippen MR) is 168 cm³/mol. The van der Waals surface area contributed by atoms with Crippen LogP contribution in [0.4, 0.5) is 22.2 Å².